The first-order chi connectivity index (χ1) is 18.8. The van der Waals surface area contributed by atoms with Crippen LogP contribution in [0.1, 0.15) is 67.9 Å². The highest BCUT2D eigenvalue weighted by atomic mass is 19.4. The van der Waals surface area contributed by atoms with Crippen molar-refractivity contribution in [1.29, 1.82) is 0 Å². The summed E-state index contributed by atoms with van der Waals surface area (Å²) < 4.78 is 67.1. The van der Waals surface area contributed by atoms with E-state index in [4.69, 9.17) is 9.47 Å². The van der Waals surface area contributed by atoms with Gasteiger partial charge in [0.15, 0.2) is 11.6 Å². The Labute approximate surface area is 231 Å². The monoisotopic (exact) mass is 564 g/mol. The van der Waals surface area contributed by atoms with E-state index in [0.29, 0.717) is 18.8 Å². The molecule has 216 valence electrons. The molecule has 2 aromatic rings. The number of pyridine rings is 1. The van der Waals surface area contributed by atoms with Crippen molar-refractivity contribution in [3.8, 4) is 11.6 Å². The molecule has 0 N–H and O–H groups in total. The Bertz CT molecular complexity index is 1260. The average molecular weight is 564 g/mol. The van der Waals surface area contributed by atoms with Crippen LogP contribution in [0.5, 0.6) is 11.6 Å². The Balaban J connectivity index is 2.06. The molecule has 12 heteroatoms. The number of methoxy groups -OCH3 is 1. The molecule has 1 fully saturated rings. The summed E-state index contributed by atoms with van der Waals surface area (Å²) in [6.07, 6.45) is -0.924. The highest BCUT2D eigenvalue weighted by molar-refractivity contribution is 6.20. The highest BCUT2D eigenvalue weighted by Crippen LogP contribution is 2.40. The first kappa shape index (κ1) is 31.1. The Morgan fingerprint density at radius 2 is 1.77 bits per heavy atom. The SMILES string of the molecule is BCC(=O)Cc1cnc(Oc2cc(C(=O)OC)c(N(C(=O)[C@H]3CC[C@H](C)CC3)C(C)C)cc2F)c(C(F)(F)F)c1. The van der Waals surface area contributed by atoms with Gasteiger partial charge in [0.2, 0.25) is 11.8 Å². The number of rotatable bonds is 9. The van der Waals surface area contributed by atoms with Crippen molar-refractivity contribution < 1.29 is 41.4 Å². The predicted molar refractivity (Wildman–Crippen MR) is 143 cm³/mol. The minimum atomic E-state index is -4.92. The zero-order chi connectivity index (χ0) is 29.8. The molecule has 1 saturated carbocycles. The zero-order valence-electron chi connectivity index (χ0n) is 23.2. The third kappa shape index (κ3) is 7.20. The van der Waals surface area contributed by atoms with Crippen molar-refractivity contribution in [2.45, 2.75) is 71.4 Å². The maximum absolute atomic E-state index is 15.4. The molecule has 1 aromatic carbocycles. The molecule has 0 atom stereocenters. The molecule has 0 saturated heterocycles. The first-order valence-corrected chi connectivity index (χ1v) is 13.3. The standard InChI is InChI=1S/C28H33BF4N2O5/c1-15(2)35(26(37)18-7-5-16(3)6-8-18)23-12-22(30)24(11-20(23)27(38)39-4)40-25-21(28(31,32)33)10-17(14-34-25)9-19(36)13-29/h10-12,14-16,18H,5-9,13,29H2,1-4H3/t16-,18-. The number of halogens is 4. The number of esters is 1. The van der Waals surface area contributed by atoms with Crippen LogP contribution in [-0.2, 0) is 26.9 Å². The Hall–Kier alpha value is -3.44. The van der Waals surface area contributed by atoms with E-state index in [1.807, 2.05) is 0 Å². The Morgan fingerprint density at radius 3 is 2.33 bits per heavy atom. The van der Waals surface area contributed by atoms with Crippen LogP contribution in [0.15, 0.2) is 24.4 Å². The summed E-state index contributed by atoms with van der Waals surface area (Å²) in [7, 11) is 2.69. The van der Waals surface area contributed by atoms with Crippen molar-refractivity contribution in [3.05, 3.63) is 46.9 Å². The average Bonchev–Trinajstić information content (AvgIpc) is 2.89. The van der Waals surface area contributed by atoms with Gasteiger partial charge >= 0.3 is 12.1 Å². The molecule has 0 aliphatic heterocycles. The van der Waals surface area contributed by atoms with Gasteiger partial charge in [-0.05, 0) is 63.4 Å². The van der Waals surface area contributed by atoms with Crippen LogP contribution in [-0.4, -0.2) is 43.6 Å². The lowest BCUT2D eigenvalue weighted by Gasteiger charge is -2.34. The van der Waals surface area contributed by atoms with Gasteiger partial charge in [0.25, 0.3) is 0 Å². The summed E-state index contributed by atoms with van der Waals surface area (Å²) in [5, 5.41) is 0. The second-order valence-corrected chi connectivity index (χ2v) is 10.4. The maximum Gasteiger partial charge on any atom is 0.421 e. The summed E-state index contributed by atoms with van der Waals surface area (Å²) in [4.78, 5) is 43.1. The van der Waals surface area contributed by atoms with Crippen molar-refractivity contribution in [2.75, 3.05) is 12.0 Å². The second-order valence-electron chi connectivity index (χ2n) is 10.4. The molecular formula is C28H33BF4N2O5. The van der Waals surface area contributed by atoms with Crippen LogP contribution in [0.3, 0.4) is 0 Å². The fraction of sp³-hybridized carbons (Fsp3) is 0.500. The molecular weight excluding hydrogens is 531 g/mol. The number of anilines is 1. The van der Waals surface area contributed by atoms with E-state index in [2.05, 4.69) is 11.9 Å². The lowest BCUT2D eigenvalue weighted by Crippen LogP contribution is -2.43. The largest absolute Gasteiger partial charge is 0.465 e. The fourth-order valence-electron chi connectivity index (χ4n) is 4.78. The number of ketones is 1. The second kappa shape index (κ2) is 12.8. The maximum atomic E-state index is 15.4. The van der Waals surface area contributed by atoms with Crippen LogP contribution in [0, 0.1) is 17.7 Å². The summed E-state index contributed by atoms with van der Waals surface area (Å²) in [5.74, 6) is -4.03. The van der Waals surface area contributed by atoms with E-state index >= 15 is 4.39 Å². The molecule has 7 nitrogen and oxygen atoms in total. The molecule has 40 heavy (non-hydrogen) atoms. The van der Waals surface area contributed by atoms with Gasteiger partial charge < -0.3 is 19.2 Å². The van der Waals surface area contributed by atoms with E-state index in [1.165, 1.54) is 4.90 Å². The van der Waals surface area contributed by atoms with Crippen molar-refractivity contribution >= 4 is 31.2 Å². The van der Waals surface area contributed by atoms with E-state index in [-0.39, 0.29) is 47.2 Å². The molecule has 0 bridgehead atoms. The molecule has 1 aromatic heterocycles. The number of aromatic nitrogens is 1. The fourth-order valence-corrected chi connectivity index (χ4v) is 4.78. The summed E-state index contributed by atoms with van der Waals surface area (Å²) in [6.45, 7) is 5.55. The van der Waals surface area contributed by atoms with Crippen LogP contribution in [0.2, 0.25) is 6.32 Å². The van der Waals surface area contributed by atoms with Gasteiger partial charge in [-0.3, -0.25) is 4.79 Å². The highest BCUT2D eigenvalue weighted by Gasteiger charge is 2.37. The lowest BCUT2D eigenvalue weighted by atomic mass is 9.82. The number of benzene rings is 1. The van der Waals surface area contributed by atoms with E-state index in [0.717, 1.165) is 44.3 Å². The van der Waals surface area contributed by atoms with Crippen LogP contribution >= 0.6 is 0 Å². The number of hydrogen-bond acceptors (Lipinski definition) is 6. The number of hydrogen-bond donors (Lipinski definition) is 0. The number of carbonyl (C=O) groups excluding carboxylic acids is 3. The number of nitrogens with zero attached hydrogens (tertiary/aromatic N) is 2. The van der Waals surface area contributed by atoms with Gasteiger partial charge in [0.1, 0.15) is 19.2 Å². The zero-order valence-corrected chi connectivity index (χ0v) is 23.2. The van der Waals surface area contributed by atoms with Gasteiger partial charge in [0.05, 0.1) is 18.4 Å². The van der Waals surface area contributed by atoms with Crippen molar-refractivity contribution in [2.24, 2.45) is 11.8 Å². The molecule has 1 aliphatic carbocycles. The van der Waals surface area contributed by atoms with Gasteiger partial charge in [-0.1, -0.05) is 6.92 Å². The molecule has 0 spiro atoms. The summed E-state index contributed by atoms with van der Waals surface area (Å²) in [5.41, 5.74) is -1.58. The molecule has 0 radical (unpaired) electrons. The van der Waals surface area contributed by atoms with E-state index in [9.17, 15) is 27.6 Å². The summed E-state index contributed by atoms with van der Waals surface area (Å²) in [6, 6.07) is 2.08. The number of alkyl halides is 3. The van der Waals surface area contributed by atoms with Gasteiger partial charge in [0, 0.05) is 36.7 Å². The van der Waals surface area contributed by atoms with Crippen LogP contribution in [0.25, 0.3) is 0 Å². The van der Waals surface area contributed by atoms with Crippen LogP contribution in [0.4, 0.5) is 23.2 Å². The summed E-state index contributed by atoms with van der Waals surface area (Å²) >= 11 is 0. The molecule has 1 aliphatic rings. The van der Waals surface area contributed by atoms with Crippen LogP contribution < -0.4 is 9.64 Å². The van der Waals surface area contributed by atoms with Crippen molar-refractivity contribution in [3.63, 3.8) is 0 Å². The molecule has 1 heterocycles. The lowest BCUT2D eigenvalue weighted by molar-refractivity contribution is -0.139. The molecule has 1 amide bonds. The molecule has 0 unspecified atom stereocenters. The molecule has 3 rings (SSSR count). The van der Waals surface area contributed by atoms with E-state index in [1.54, 1.807) is 21.7 Å². The quantitative estimate of drug-likeness (QED) is 0.226. The topological polar surface area (TPSA) is 85.8 Å². The minimum absolute atomic E-state index is 0.0285. The van der Waals surface area contributed by atoms with E-state index < -0.39 is 41.2 Å². The number of ether oxygens (including phenoxy) is 2. The Kier molecular flexibility index (Phi) is 9.97. The van der Waals surface area contributed by atoms with Gasteiger partial charge in [-0.2, -0.15) is 13.2 Å². The first-order valence-electron chi connectivity index (χ1n) is 13.3. The minimum Gasteiger partial charge on any atom is -0.465 e. The van der Waals surface area contributed by atoms with Gasteiger partial charge in [-0.15, -0.1) is 0 Å². The number of carbonyl (C=O) groups is 3. The number of Topliss-reactive ketones (excluding diaryl/α,β-unsaturated/α-hetero) is 1. The third-order valence-corrected chi connectivity index (χ3v) is 7.05. The third-order valence-electron chi connectivity index (χ3n) is 7.05. The Morgan fingerprint density at radius 1 is 1.12 bits per heavy atom. The smallest absolute Gasteiger partial charge is 0.421 e. The van der Waals surface area contributed by atoms with Gasteiger partial charge in [-0.25, -0.2) is 14.2 Å². The van der Waals surface area contributed by atoms with Crippen molar-refractivity contribution in [1.82, 2.24) is 4.98 Å². The normalized spacial score (nSPS) is 17.4. The predicted octanol–water partition coefficient (Wildman–Crippen LogP) is 5.55. The number of amides is 1.